The van der Waals surface area contributed by atoms with E-state index in [4.69, 9.17) is 9.47 Å². The molecular formula is C25H28N2O4. The van der Waals surface area contributed by atoms with Gasteiger partial charge in [0, 0.05) is 23.5 Å². The Balaban J connectivity index is 1.98. The molecule has 31 heavy (non-hydrogen) atoms. The maximum absolute atomic E-state index is 13.2. The van der Waals surface area contributed by atoms with E-state index in [1.165, 1.54) is 0 Å². The molecule has 1 unspecified atom stereocenters. The third-order valence-corrected chi connectivity index (χ3v) is 5.97. The highest BCUT2D eigenvalue weighted by atomic mass is 16.5. The number of carbonyl (C=O) groups is 1. The average Bonchev–Trinajstić information content (AvgIpc) is 2.76. The molecule has 1 aromatic heterocycles. The molecule has 2 aromatic carbocycles. The molecule has 1 aliphatic rings. The quantitative estimate of drug-likeness (QED) is 0.693. The second-order valence-electron chi connectivity index (χ2n) is 8.39. The first kappa shape index (κ1) is 21.0. The highest BCUT2D eigenvalue weighted by Crippen LogP contribution is 2.41. The number of nitrogens with one attached hydrogen (secondary N) is 1. The molecule has 0 bridgehead atoms. The fourth-order valence-electron chi connectivity index (χ4n) is 4.40. The predicted molar refractivity (Wildman–Crippen MR) is 121 cm³/mol. The lowest BCUT2D eigenvalue weighted by Crippen LogP contribution is -2.44. The molecule has 0 spiro atoms. The number of hydrogen-bond donors (Lipinski definition) is 1. The molecule has 2 heterocycles. The van der Waals surface area contributed by atoms with Crippen LogP contribution in [-0.4, -0.2) is 36.6 Å². The zero-order valence-corrected chi connectivity index (χ0v) is 18.6. The SMILES string of the molecule is COc1cc2c(cc1OC)C(c1cc3cc(C)ccc3[nH]c1=O)N(C(=O)C(C)C)CC2. The summed E-state index contributed by atoms with van der Waals surface area (Å²) in [5.41, 5.74) is 4.21. The standard InChI is InChI=1S/C25H28N2O4/c1-14(2)25(29)27-9-8-16-12-21(30-4)22(31-5)13-18(16)23(27)19-11-17-10-15(3)6-7-20(17)26-24(19)28/h6-7,10-14,23H,8-9H2,1-5H3,(H,26,28). The normalized spacial score (nSPS) is 15.8. The van der Waals surface area contributed by atoms with Gasteiger partial charge in [-0.15, -0.1) is 0 Å². The summed E-state index contributed by atoms with van der Waals surface area (Å²) in [7, 11) is 3.19. The minimum absolute atomic E-state index is 0.0224. The number of methoxy groups -OCH3 is 2. The van der Waals surface area contributed by atoms with Gasteiger partial charge in [-0.2, -0.15) is 0 Å². The van der Waals surface area contributed by atoms with E-state index in [-0.39, 0.29) is 17.4 Å². The van der Waals surface area contributed by atoms with E-state index in [2.05, 4.69) is 4.98 Å². The number of H-pyrrole nitrogens is 1. The van der Waals surface area contributed by atoms with E-state index < -0.39 is 6.04 Å². The molecule has 3 aromatic rings. The molecule has 0 radical (unpaired) electrons. The van der Waals surface area contributed by atoms with Gasteiger partial charge in [0.1, 0.15) is 0 Å². The highest BCUT2D eigenvalue weighted by Gasteiger charge is 2.35. The minimum Gasteiger partial charge on any atom is -0.493 e. The lowest BCUT2D eigenvalue weighted by molar-refractivity contribution is -0.136. The molecular weight excluding hydrogens is 392 g/mol. The molecule has 1 atom stereocenters. The summed E-state index contributed by atoms with van der Waals surface area (Å²) in [6.45, 7) is 6.33. The third-order valence-electron chi connectivity index (χ3n) is 5.97. The van der Waals surface area contributed by atoms with Gasteiger partial charge in [0.25, 0.3) is 5.56 Å². The maximum atomic E-state index is 13.2. The van der Waals surface area contributed by atoms with Crippen molar-refractivity contribution in [3.8, 4) is 11.5 Å². The number of benzene rings is 2. The molecule has 6 nitrogen and oxygen atoms in total. The summed E-state index contributed by atoms with van der Waals surface area (Å²) in [6, 6.07) is 11.2. The van der Waals surface area contributed by atoms with Crippen molar-refractivity contribution in [2.75, 3.05) is 20.8 Å². The van der Waals surface area contributed by atoms with E-state index >= 15 is 0 Å². The summed E-state index contributed by atoms with van der Waals surface area (Å²) >= 11 is 0. The van der Waals surface area contributed by atoms with Crippen LogP contribution in [0.1, 0.15) is 42.1 Å². The Kier molecular flexibility index (Phi) is 5.48. The second kappa shape index (κ2) is 8.10. The number of aryl methyl sites for hydroxylation is 1. The number of ether oxygens (including phenoxy) is 2. The first-order valence-electron chi connectivity index (χ1n) is 10.5. The van der Waals surface area contributed by atoms with Crippen molar-refractivity contribution in [3.05, 3.63) is 69.0 Å². The smallest absolute Gasteiger partial charge is 0.254 e. The fraction of sp³-hybridized carbons (Fsp3) is 0.360. The van der Waals surface area contributed by atoms with E-state index in [0.717, 1.165) is 27.6 Å². The van der Waals surface area contributed by atoms with Crippen molar-refractivity contribution >= 4 is 16.8 Å². The van der Waals surface area contributed by atoms with Gasteiger partial charge in [0.2, 0.25) is 5.91 Å². The molecule has 0 saturated carbocycles. The molecule has 0 aliphatic carbocycles. The predicted octanol–water partition coefficient (Wildman–Crippen LogP) is 3.98. The third kappa shape index (κ3) is 3.67. The number of aromatic nitrogens is 1. The first-order chi connectivity index (χ1) is 14.8. The Morgan fingerprint density at radius 1 is 1.06 bits per heavy atom. The van der Waals surface area contributed by atoms with Crippen LogP contribution in [0.2, 0.25) is 0 Å². The van der Waals surface area contributed by atoms with E-state index in [0.29, 0.717) is 30.0 Å². The minimum atomic E-state index is -0.493. The summed E-state index contributed by atoms with van der Waals surface area (Å²) in [5.74, 6) is 1.07. The molecule has 1 amide bonds. The van der Waals surface area contributed by atoms with Crippen LogP contribution in [0, 0.1) is 12.8 Å². The molecule has 0 fully saturated rings. The van der Waals surface area contributed by atoms with Crippen LogP contribution in [0.15, 0.2) is 41.2 Å². The van der Waals surface area contributed by atoms with Crippen LogP contribution in [-0.2, 0) is 11.2 Å². The second-order valence-corrected chi connectivity index (χ2v) is 8.39. The van der Waals surface area contributed by atoms with Gasteiger partial charge in [-0.1, -0.05) is 25.5 Å². The van der Waals surface area contributed by atoms with Gasteiger partial charge < -0.3 is 19.4 Å². The van der Waals surface area contributed by atoms with Gasteiger partial charge in [0.05, 0.1) is 20.3 Å². The zero-order valence-electron chi connectivity index (χ0n) is 18.6. The monoisotopic (exact) mass is 420 g/mol. The number of fused-ring (bicyclic) bond motifs is 2. The number of carbonyl (C=O) groups excluding carboxylic acids is 1. The van der Waals surface area contributed by atoms with Gasteiger partial charge in [-0.25, -0.2) is 0 Å². The lowest BCUT2D eigenvalue weighted by atomic mass is 9.87. The van der Waals surface area contributed by atoms with E-state index in [1.807, 2.05) is 62.1 Å². The topological polar surface area (TPSA) is 71.6 Å². The highest BCUT2D eigenvalue weighted by molar-refractivity contribution is 5.82. The molecule has 0 saturated heterocycles. The van der Waals surface area contributed by atoms with Crippen LogP contribution in [0.25, 0.3) is 10.9 Å². The Labute approximate surface area is 181 Å². The van der Waals surface area contributed by atoms with Gasteiger partial charge in [-0.05, 0) is 60.2 Å². The van der Waals surface area contributed by atoms with Crippen molar-refractivity contribution < 1.29 is 14.3 Å². The Morgan fingerprint density at radius 2 is 1.77 bits per heavy atom. The molecule has 1 N–H and O–H groups in total. The van der Waals surface area contributed by atoms with Crippen molar-refractivity contribution in [3.63, 3.8) is 0 Å². The number of aromatic amines is 1. The first-order valence-corrected chi connectivity index (χ1v) is 10.5. The summed E-state index contributed by atoms with van der Waals surface area (Å²) < 4.78 is 11.0. The van der Waals surface area contributed by atoms with Gasteiger partial charge in [0.15, 0.2) is 11.5 Å². The maximum Gasteiger partial charge on any atom is 0.254 e. The largest absolute Gasteiger partial charge is 0.493 e. The Hall–Kier alpha value is -3.28. The lowest BCUT2D eigenvalue weighted by Gasteiger charge is -2.38. The summed E-state index contributed by atoms with van der Waals surface area (Å²) in [5, 5.41) is 0.944. The van der Waals surface area contributed by atoms with E-state index in [1.54, 1.807) is 14.2 Å². The van der Waals surface area contributed by atoms with Crippen molar-refractivity contribution in [1.82, 2.24) is 9.88 Å². The molecule has 162 valence electrons. The van der Waals surface area contributed by atoms with Crippen molar-refractivity contribution in [2.45, 2.75) is 33.2 Å². The number of amides is 1. The summed E-state index contributed by atoms with van der Waals surface area (Å²) in [6.07, 6.45) is 0.690. The van der Waals surface area contributed by atoms with Crippen LogP contribution in [0.5, 0.6) is 11.5 Å². The molecule has 4 rings (SSSR count). The van der Waals surface area contributed by atoms with Crippen molar-refractivity contribution in [2.24, 2.45) is 5.92 Å². The fourth-order valence-corrected chi connectivity index (χ4v) is 4.40. The number of hydrogen-bond acceptors (Lipinski definition) is 4. The zero-order chi connectivity index (χ0) is 22.3. The van der Waals surface area contributed by atoms with Crippen LogP contribution in [0.3, 0.4) is 0 Å². The van der Waals surface area contributed by atoms with Crippen LogP contribution in [0.4, 0.5) is 0 Å². The Bertz CT molecular complexity index is 1210. The number of rotatable bonds is 4. The summed E-state index contributed by atoms with van der Waals surface area (Å²) in [4.78, 5) is 31.2. The van der Waals surface area contributed by atoms with Crippen LogP contribution >= 0.6 is 0 Å². The molecule has 6 heteroatoms. The molecule has 1 aliphatic heterocycles. The van der Waals surface area contributed by atoms with E-state index in [9.17, 15) is 9.59 Å². The average molecular weight is 421 g/mol. The number of pyridine rings is 1. The Morgan fingerprint density at radius 3 is 2.45 bits per heavy atom. The van der Waals surface area contributed by atoms with Gasteiger partial charge in [-0.3, -0.25) is 9.59 Å². The number of nitrogens with zero attached hydrogens (tertiary/aromatic N) is 1. The van der Waals surface area contributed by atoms with Crippen LogP contribution < -0.4 is 15.0 Å². The van der Waals surface area contributed by atoms with Crippen molar-refractivity contribution in [1.29, 1.82) is 0 Å². The van der Waals surface area contributed by atoms with Gasteiger partial charge >= 0.3 is 0 Å².